The van der Waals surface area contributed by atoms with E-state index in [1.807, 2.05) is 18.2 Å². The first-order valence-corrected chi connectivity index (χ1v) is 8.22. The monoisotopic (exact) mass is 370 g/mol. The maximum absolute atomic E-state index is 12.9. The van der Waals surface area contributed by atoms with E-state index < -0.39 is 0 Å². The number of thiocarbonyl (C=S) groups is 1. The molecule has 1 aliphatic rings. The second kappa shape index (κ2) is 7.45. The third-order valence-corrected chi connectivity index (χ3v) is 4.21. The highest BCUT2D eigenvalue weighted by atomic mass is 32.1. The maximum Gasteiger partial charge on any atom is 0.281 e. The highest BCUT2D eigenvalue weighted by Gasteiger charge is 2.33. The number of nitrogens with zero attached hydrogens (tertiary/aromatic N) is 1. The standard InChI is InChI=1S/C19H18N2O4S/c1-23-15-7-5-4-6-14(15)21-18(22)13(20-19(21)26)10-12-8-9-16(24-2)17(11-12)25-3/h4-11H,1-3H3,(H,20,26)/b13-10+. The Morgan fingerprint density at radius 1 is 0.962 bits per heavy atom. The maximum atomic E-state index is 12.9. The van der Waals surface area contributed by atoms with Crippen LogP contribution in [-0.2, 0) is 4.79 Å². The lowest BCUT2D eigenvalue weighted by Gasteiger charge is -2.17. The Morgan fingerprint density at radius 2 is 1.65 bits per heavy atom. The van der Waals surface area contributed by atoms with Crippen molar-refractivity contribution in [3.8, 4) is 17.2 Å². The first-order valence-electron chi connectivity index (χ1n) is 7.81. The van der Waals surface area contributed by atoms with Crippen LogP contribution in [0.4, 0.5) is 5.69 Å². The van der Waals surface area contributed by atoms with Crippen LogP contribution in [0, 0.1) is 0 Å². The van der Waals surface area contributed by atoms with Crippen LogP contribution < -0.4 is 24.4 Å². The first kappa shape index (κ1) is 17.8. The van der Waals surface area contributed by atoms with Crippen molar-refractivity contribution in [2.75, 3.05) is 26.2 Å². The van der Waals surface area contributed by atoms with Crippen LogP contribution in [0.3, 0.4) is 0 Å². The van der Waals surface area contributed by atoms with Crippen LogP contribution in [0.2, 0.25) is 0 Å². The minimum absolute atomic E-state index is 0.255. The molecule has 0 bridgehead atoms. The van der Waals surface area contributed by atoms with Gasteiger partial charge in [-0.2, -0.15) is 0 Å². The second-order valence-corrected chi connectivity index (χ2v) is 5.80. The molecule has 0 aromatic heterocycles. The van der Waals surface area contributed by atoms with Gasteiger partial charge in [-0.05, 0) is 48.1 Å². The quantitative estimate of drug-likeness (QED) is 0.645. The molecule has 1 amide bonds. The van der Waals surface area contributed by atoms with Gasteiger partial charge in [-0.1, -0.05) is 18.2 Å². The Kier molecular flexibility index (Phi) is 5.09. The Balaban J connectivity index is 1.95. The summed E-state index contributed by atoms with van der Waals surface area (Å²) in [7, 11) is 4.68. The zero-order valence-corrected chi connectivity index (χ0v) is 15.4. The van der Waals surface area contributed by atoms with Gasteiger partial charge in [0, 0.05) is 0 Å². The molecule has 1 fully saturated rings. The highest BCUT2D eigenvalue weighted by molar-refractivity contribution is 7.80. The van der Waals surface area contributed by atoms with Crippen LogP contribution in [0.5, 0.6) is 17.2 Å². The summed E-state index contributed by atoms with van der Waals surface area (Å²) in [5.74, 6) is 1.51. The van der Waals surface area contributed by atoms with Gasteiger partial charge in [-0.15, -0.1) is 0 Å². The predicted molar refractivity (Wildman–Crippen MR) is 104 cm³/mol. The molecule has 1 saturated heterocycles. The van der Waals surface area contributed by atoms with E-state index >= 15 is 0 Å². The van der Waals surface area contributed by atoms with Crippen LogP contribution >= 0.6 is 12.2 Å². The fourth-order valence-electron chi connectivity index (χ4n) is 2.68. The molecule has 1 heterocycles. The van der Waals surface area contributed by atoms with Crippen molar-refractivity contribution in [2.24, 2.45) is 0 Å². The van der Waals surface area contributed by atoms with Crippen molar-refractivity contribution in [2.45, 2.75) is 0 Å². The number of carbonyl (C=O) groups excluding carboxylic acids is 1. The molecule has 0 spiro atoms. The van der Waals surface area contributed by atoms with E-state index in [-0.39, 0.29) is 5.91 Å². The lowest BCUT2D eigenvalue weighted by Crippen LogP contribution is -2.30. The summed E-state index contributed by atoms with van der Waals surface area (Å²) in [6.07, 6.45) is 1.71. The van der Waals surface area contributed by atoms with E-state index in [0.29, 0.717) is 33.7 Å². The van der Waals surface area contributed by atoms with Gasteiger partial charge in [0.05, 0.1) is 27.0 Å². The Hall–Kier alpha value is -3.06. The number of ether oxygens (including phenoxy) is 3. The lowest BCUT2D eigenvalue weighted by atomic mass is 10.1. The largest absolute Gasteiger partial charge is 0.495 e. The second-order valence-electron chi connectivity index (χ2n) is 5.41. The minimum Gasteiger partial charge on any atom is -0.495 e. The number of para-hydroxylation sites is 2. The summed E-state index contributed by atoms with van der Waals surface area (Å²) in [5.41, 5.74) is 1.74. The van der Waals surface area contributed by atoms with Crippen LogP contribution in [-0.4, -0.2) is 32.3 Å². The molecule has 0 aliphatic carbocycles. The highest BCUT2D eigenvalue weighted by Crippen LogP contribution is 2.32. The summed E-state index contributed by atoms with van der Waals surface area (Å²) in [6.45, 7) is 0. The van der Waals surface area contributed by atoms with Gasteiger partial charge in [-0.3, -0.25) is 4.79 Å². The molecule has 0 atom stereocenters. The molecule has 0 unspecified atom stereocenters. The minimum atomic E-state index is -0.255. The van der Waals surface area contributed by atoms with Gasteiger partial charge in [0.2, 0.25) is 0 Å². The third kappa shape index (κ3) is 3.21. The van der Waals surface area contributed by atoms with Gasteiger partial charge in [-0.25, -0.2) is 4.90 Å². The molecule has 1 aliphatic heterocycles. The molecule has 1 N–H and O–H groups in total. The fraction of sp³-hybridized carbons (Fsp3) is 0.158. The normalized spacial score (nSPS) is 15.2. The number of hydrogen-bond acceptors (Lipinski definition) is 5. The number of carbonyl (C=O) groups is 1. The van der Waals surface area contributed by atoms with Gasteiger partial charge in [0.25, 0.3) is 5.91 Å². The zero-order chi connectivity index (χ0) is 18.7. The Bertz CT molecular complexity index is 895. The number of anilines is 1. The molecule has 6 nitrogen and oxygen atoms in total. The predicted octanol–water partition coefficient (Wildman–Crippen LogP) is 2.97. The third-order valence-electron chi connectivity index (χ3n) is 3.92. The molecular formula is C19H18N2O4S. The Labute approximate surface area is 157 Å². The van der Waals surface area contributed by atoms with E-state index in [1.165, 1.54) is 4.90 Å². The molecule has 0 radical (unpaired) electrons. The lowest BCUT2D eigenvalue weighted by molar-refractivity contribution is -0.113. The average molecular weight is 370 g/mol. The van der Waals surface area contributed by atoms with Crippen molar-refractivity contribution >= 4 is 35.0 Å². The van der Waals surface area contributed by atoms with Crippen molar-refractivity contribution in [3.63, 3.8) is 0 Å². The van der Waals surface area contributed by atoms with Crippen molar-refractivity contribution in [1.82, 2.24) is 5.32 Å². The zero-order valence-electron chi connectivity index (χ0n) is 14.6. The molecule has 26 heavy (non-hydrogen) atoms. The van der Waals surface area contributed by atoms with Crippen molar-refractivity contribution < 1.29 is 19.0 Å². The van der Waals surface area contributed by atoms with E-state index in [9.17, 15) is 4.79 Å². The molecule has 2 aromatic rings. The Morgan fingerprint density at radius 3 is 2.35 bits per heavy atom. The summed E-state index contributed by atoms with van der Waals surface area (Å²) >= 11 is 5.34. The molecule has 0 saturated carbocycles. The summed E-state index contributed by atoms with van der Waals surface area (Å²) < 4.78 is 15.9. The number of methoxy groups -OCH3 is 3. The van der Waals surface area contributed by atoms with Crippen molar-refractivity contribution in [3.05, 3.63) is 53.7 Å². The number of amides is 1. The molecule has 7 heteroatoms. The summed E-state index contributed by atoms with van der Waals surface area (Å²) in [4.78, 5) is 14.3. The van der Waals surface area contributed by atoms with Crippen molar-refractivity contribution in [1.29, 1.82) is 0 Å². The molecule has 2 aromatic carbocycles. The SMILES string of the molecule is COc1ccc(/C=C2/NC(=S)N(c3ccccc3OC)C2=O)cc1OC. The number of hydrogen-bond donors (Lipinski definition) is 1. The van der Waals surface area contributed by atoms with Gasteiger partial charge in [0.15, 0.2) is 16.6 Å². The molecule has 3 rings (SSSR count). The van der Waals surface area contributed by atoms with Gasteiger partial charge in [0.1, 0.15) is 11.4 Å². The topological polar surface area (TPSA) is 60.0 Å². The van der Waals surface area contributed by atoms with E-state index in [2.05, 4.69) is 5.32 Å². The van der Waals surface area contributed by atoms with E-state index in [0.717, 1.165) is 5.56 Å². The van der Waals surface area contributed by atoms with Crippen LogP contribution in [0.1, 0.15) is 5.56 Å². The van der Waals surface area contributed by atoms with Crippen LogP contribution in [0.15, 0.2) is 48.2 Å². The summed E-state index contributed by atoms with van der Waals surface area (Å²) in [6, 6.07) is 12.6. The number of rotatable bonds is 5. The average Bonchev–Trinajstić information content (AvgIpc) is 2.94. The first-order chi connectivity index (χ1) is 12.6. The van der Waals surface area contributed by atoms with Gasteiger partial charge >= 0.3 is 0 Å². The fourth-order valence-corrected chi connectivity index (χ4v) is 2.97. The van der Waals surface area contributed by atoms with E-state index in [4.69, 9.17) is 26.4 Å². The number of nitrogens with one attached hydrogen (secondary N) is 1. The number of benzene rings is 2. The molecular weight excluding hydrogens is 352 g/mol. The van der Waals surface area contributed by atoms with Crippen LogP contribution in [0.25, 0.3) is 6.08 Å². The molecule has 134 valence electrons. The van der Waals surface area contributed by atoms with E-state index in [1.54, 1.807) is 51.7 Å². The van der Waals surface area contributed by atoms with Gasteiger partial charge < -0.3 is 19.5 Å². The summed E-state index contributed by atoms with van der Waals surface area (Å²) in [5, 5.41) is 3.26. The smallest absolute Gasteiger partial charge is 0.281 e.